The molecule has 7 nitrogen and oxygen atoms in total. The number of aromatic amines is 1. The van der Waals surface area contributed by atoms with Gasteiger partial charge in [-0.3, -0.25) is 9.59 Å². The van der Waals surface area contributed by atoms with Gasteiger partial charge in [0, 0.05) is 29.4 Å². The van der Waals surface area contributed by atoms with Gasteiger partial charge < -0.3 is 19.4 Å². The Kier molecular flexibility index (Phi) is 4.90. The van der Waals surface area contributed by atoms with Crippen molar-refractivity contribution in [2.24, 2.45) is 0 Å². The van der Waals surface area contributed by atoms with Crippen LogP contribution in [0.1, 0.15) is 58.2 Å². The first-order valence-corrected chi connectivity index (χ1v) is 12.2. The molecule has 0 radical (unpaired) electrons. The fraction of sp³-hybridized carbons (Fsp3) is 0.458. The van der Waals surface area contributed by atoms with Crippen molar-refractivity contribution in [2.75, 3.05) is 26.3 Å². The lowest BCUT2D eigenvalue weighted by molar-refractivity contribution is 0.0710. The van der Waals surface area contributed by atoms with Crippen LogP contribution in [-0.2, 0) is 12.8 Å². The number of aryl methyl sites for hydroxylation is 2. The molecule has 8 heteroatoms. The molecule has 0 atom stereocenters. The fourth-order valence-electron chi connectivity index (χ4n) is 5.09. The van der Waals surface area contributed by atoms with Crippen LogP contribution in [0, 0.1) is 0 Å². The SMILES string of the molecule is O=C(c1ccc2c(c1)OCCO2)N1CCC(c2nc3sc4c(c3c(=O)[nH]2)CCCC4)CC1. The molecule has 6 rings (SSSR count). The molecule has 1 fully saturated rings. The monoisotopic (exact) mass is 451 g/mol. The molecule has 1 aliphatic carbocycles. The minimum atomic E-state index is -0.000755. The second-order valence-corrected chi connectivity index (χ2v) is 9.85. The third-order valence-corrected chi connectivity index (χ3v) is 7.99. The summed E-state index contributed by atoms with van der Waals surface area (Å²) in [6.07, 6.45) is 5.97. The van der Waals surface area contributed by atoms with E-state index in [1.807, 2.05) is 4.90 Å². The Bertz CT molecular complexity index is 1260. The van der Waals surface area contributed by atoms with Gasteiger partial charge >= 0.3 is 0 Å². The summed E-state index contributed by atoms with van der Waals surface area (Å²) in [5.74, 6) is 2.25. The highest BCUT2D eigenvalue weighted by Crippen LogP contribution is 2.35. The minimum absolute atomic E-state index is 0.000755. The highest BCUT2D eigenvalue weighted by Gasteiger charge is 2.28. The van der Waals surface area contributed by atoms with Crippen LogP contribution >= 0.6 is 11.3 Å². The molecule has 2 aromatic heterocycles. The molecule has 1 saturated heterocycles. The molecule has 2 aliphatic heterocycles. The van der Waals surface area contributed by atoms with Gasteiger partial charge in [-0.05, 0) is 62.3 Å². The molecule has 1 amide bonds. The molecule has 0 spiro atoms. The van der Waals surface area contributed by atoms with Gasteiger partial charge in [0.2, 0.25) is 0 Å². The van der Waals surface area contributed by atoms with Gasteiger partial charge in [0.05, 0.1) is 5.39 Å². The number of carbonyl (C=O) groups is 1. The Morgan fingerprint density at radius 3 is 2.72 bits per heavy atom. The average Bonchev–Trinajstić information content (AvgIpc) is 3.22. The number of ether oxygens (including phenoxy) is 2. The lowest BCUT2D eigenvalue weighted by atomic mass is 9.95. The largest absolute Gasteiger partial charge is 0.486 e. The van der Waals surface area contributed by atoms with Crippen molar-refractivity contribution in [3.05, 3.63) is 50.4 Å². The summed E-state index contributed by atoms with van der Waals surface area (Å²) in [4.78, 5) is 37.9. The van der Waals surface area contributed by atoms with Crippen LogP contribution in [-0.4, -0.2) is 47.1 Å². The maximum Gasteiger partial charge on any atom is 0.259 e. The first kappa shape index (κ1) is 19.8. The third-order valence-electron chi connectivity index (χ3n) is 6.80. The molecule has 0 bridgehead atoms. The first-order valence-electron chi connectivity index (χ1n) is 11.4. The number of H-pyrrole nitrogens is 1. The maximum absolute atomic E-state index is 13.0. The van der Waals surface area contributed by atoms with Gasteiger partial charge in [0.15, 0.2) is 11.5 Å². The van der Waals surface area contributed by atoms with E-state index in [1.54, 1.807) is 29.5 Å². The zero-order chi connectivity index (χ0) is 21.7. The lowest BCUT2D eigenvalue weighted by Gasteiger charge is -2.31. The van der Waals surface area contributed by atoms with Crippen LogP contribution in [0.5, 0.6) is 11.5 Å². The highest BCUT2D eigenvalue weighted by atomic mass is 32.1. The number of likely N-dealkylation sites (tertiary alicyclic amines) is 1. The molecule has 0 unspecified atom stereocenters. The summed E-state index contributed by atoms with van der Waals surface area (Å²) < 4.78 is 11.2. The third kappa shape index (κ3) is 3.37. The van der Waals surface area contributed by atoms with Gasteiger partial charge in [-0.2, -0.15) is 0 Å². The Balaban J connectivity index is 1.18. The number of rotatable bonds is 2. The Morgan fingerprint density at radius 1 is 1.09 bits per heavy atom. The molecule has 3 aromatic rings. The maximum atomic E-state index is 13.0. The average molecular weight is 452 g/mol. The van der Waals surface area contributed by atoms with E-state index >= 15 is 0 Å². The number of nitrogens with zero attached hydrogens (tertiary/aromatic N) is 2. The molecule has 1 aromatic carbocycles. The number of nitrogens with one attached hydrogen (secondary N) is 1. The molecular weight excluding hydrogens is 426 g/mol. The number of piperidine rings is 1. The number of fused-ring (bicyclic) bond motifs is 4. The molecule has 4 heterocycles. The molecule has 32 heavy (non-hydrogen) atoms. The van der Waals surface area contributed by atoms with E-state index in [2.05, 4.69) is 4.98 Å². The fourth-order valence-corrected chi connectivity index (χ4v) is 6.36. The zero-order valence-electron chi connectivity index (χ0n) is 17.8. The number of hydrogen-bond donors (Lipinski definition) is 1. The number of aromatic nitrogens is 2. The zero-order valence-corrected chi connectivity index (χ0v) is 18.6. The number of benzene rings is 1. The Labute approximate surface area is 189 Å². The van der Waals surface area contributed by atoms with Gasteiger partial charge in [-0.15, -0.1) is 11.3 Å². The summed E-state index contributed by atoms with van der Waals surface area (Å²) in [5, 5.41) is 0.805. The number of thiophene rings is 1. The Morgan fingerprint density at radius 2 is 1.88 bits per heavy atom. The minimum Gasteiger partial charge on any atom is -0.486 e. The van der Waals surface area contributed by atoms with E-state index in [-0.39, 0.29) is 17.4 Å². The van der Waals surface area contributed by atoms with Gasteiger partial charge in [0.25, 0.3) is 11.5 Å². The number of hydrogen-bond acceptors (Lipinski definition) is 6. The van der Waals surface area contributed by atoms with Crippen molar-refractivity contribution in [3.8, 4) is 11.5 Å². The van der Waals surface area contributed by atoms with E-state index in [9.17, 15) is 9.59 Å². The number of amides is 1. The van der Waals surface area contributed by atoms with Crippen LogP contribution in [0.2, 0.25) is 0 Å². The second kappa shape index (κ2) is 7.92. The molecule has 166 valence electrons. The first-order chi connectivity index (χ1) is 15.7. The van der Waals surface area contributed by atoms with Gasteiger partial charge in [-0.25, -0.2) is 4.98 Å². The summed E-state index contributed by atoms with van der Waals surface area (Å²) >= 11 is 1.69. The van der Waals surface area contributed by atoms with Crippen molar-refractivity contribution in [1.82, 2.24) is 14.9 Å². The summed E-state index contributed by atoms with van der Waals surface area (Å²) in [6, 6.07) is 5.38. The van der Waals surface area contributed by atoms with Crippen molar-refractivity contribution in [1.29, 1.82) is 0 Å². The molecular formula is C24H25N3O4S. The van der Waals surface area contributed by atoms with Crippen LogP contribution in [0.4, 0.5) is 0 Å². The van der Waals surface area contributed by atoms with Crippen molar-refractivity contribution in [3.63, 3.8) is 0 Å². The lowest BCUT2D eigenvalue weighted by Crippen LogP contribution is -2.38. The number of carbonyl (C=O) groups excluding carboxylic acids is 1. The van der Waals surface area contributed by atoms with Crippen molar-refractivity contribution >= 4 is 27.5 Å². The van der Waals surface area contributed by atoms with Gasteiger partial charge in [0.1, 0.15) is 23.9 Å². The van der Waals surface area contributed by atoms with Gasteiger partial charge in [-0.1, -0.05) is 0 Å². The summed E-state index contributed by atoms with van der Waals surface area (Å²) in [5.41, 5.74) is 1.83. The Hall–Kier alpha value is -2.87. The highest BCUT2D eigenvalue weighted by molar-refractivity contribution is 7.18. The summed E-state index contributed by atoms with van der Waals surface area (Å²) in [7, 11) is 0. The van der Waals surface area contributed by atoms with Crippen LogP contribution in [0.25, 0.3) is 10.2 Å². The van der Waals surface area contributed by atoms with E-state index < -0.39 is 0 Å². The van der Waals surface area contributed by atoms with E-state index in [4.69, 9.17) is 14.5 Å². The summed E-state index contributed by atoms with van der Waals surface area (Å²) in [6.45, 7) is 2.31. The molecule has 3 aliphatic rings. The van der Waals surface area contributed by atoms with E-state index in [0.717, 1.165) is 48.1 Å². The normalized spacial score (nSPS) is 18.6. The topological polar surface area (TPSA) is 84.5 Å². The van der Waals surface area contributed by atoms with Crippen molar-refractivity contribution in [2.45, 2.75) is 44.4 Å². The standard InChI is InChI=1S/C24H25N3O4S/c28-22-20-16-3-1-2-4-19(16)32-23(20)26-21(25-22)14-7-9-27(10-8-14)24(29)15-5-6-17-18(13-15)31-12-11-30-17/h5-6,13-14H,1-4,7-12H2,(H,25,26,28). The predicted molar refractivity (Wildman–Crippen MR) is 122 cm³/mol. The second-order valence-electron chi connectivity index (χ2n) is 8.77. The van der Waals surface area contributed by atoms with Crippen molar-refractivity contribution < 1.29 is 14.3 Å². The van der Waals surface area contributed by atoms with E-state index in [0.29, 0.717) is 43.4 Å². The molecule has 0 saturated carbocycles. The van der Waals surface area contributed by atoms with Crippen LogP contribution in [0.3, 0.4) is 0 Å². The van der Waals surface area contributed by atoms with Crippen LogP contribution < -0.4 is 15.0 Å². The van der Waals surface area contributed by atoms with Crippen LogP contribution in [0.15, 0.2) is 23.0 Å². The smallest absolute Gasteiger partial charge is 0.259 e. The quantitative estimate of drug-likeness (QED) is 0.643. The van der Waals surface area contributed by atoms with E-state index in [1.165, 1.54) is 16.9 Å². The predicted octanol–water partition coefficient (Wildman–Crippen LogP) is 3.65. The molecule has 1 N–H and O–H groups in total.